The molecular formula is C23H31NO3. The predicted molar refractivity (Wildman–Crippen MR) is 104 cm³/mol. The van der Waals surface area contributed by atoms with E-state index < -0.39 is 0 Å². The van der Waals surface area contributed by atoms with E-state index in [0.717, 1.165) is 38.0 Å². The van der Waals surface area contributed by atoms with Gasteiger partial charge in [0.05, 0.1) is 19.1 Å². The molecule has 4 nitrogen and oxygen atoms in total. The van der Waals surface area contributed by atoms with E-state index in [0.29, 0.717) is 24.6 Å². The van der Waals surface area contributed by atoms with Crippen molar-refractivity contribution in [3.8, 4) is 5.75 Å². The molecule has 2 aliphatic carbocycles. The van der Waals surface area contributed by atoms with E-state index in [9.17, 15) is 4.79 Å². The van der Waals surface area contributed by atoms with Crippen LogP contribution in [0.25, 0.3) is 0 Å². The van der Waals surface area contributed by atoms with E-state index in [1.165, 1.54) is 30.4 Å². The summed E-state index contributed by atoms with van der Waals surface area (Å²) in [5.74, 6) is 1.64. The highest BCUT2D eigenvalue weighted by atomic mass is 16.5. The minimum Gasteiger partial charge on any atom is -0.494 e. The maximum Gasteiger partial charge on any atom is 0.310 e. The molecule has 6 rings (SSSR count). The topological polar surface area (TPSA) is 38.8 Å². The van der Waals surface area contributed by atoms with Crippen LogP contribution in [0.4, 0.5) is 0 Å². The van der Waals surface area contributed by atoms with Gasteiger partial charge in [0.15, 0.2) is 0 Å². The van der Waals surface area contributed by atoms with Crippen LogP contribution in [0.15, 0.2) is 18.2 Å². The quantitative estimate of drug-likeness (QED) is 0.745. The van der Waals surface area contributed by atoms with Gasteiger partial charge in [0.25, 0.3) is 0 Å². The third kappa shape index (κ3) is 2.55. The summed E-state index contributed by atoms with van der Waals surface area (Å²) in [7, 11) is 2.24. The Kier molecular flexibility index (Phi) is 4.23. The average molecular weight is 370 g/mol. The third-order valence-corrected chi connectivity index (χ3v) is 7.94. The molecule has 3 heterocycles. The number of likely N-dealkylation sites (N-methyl/N-ethyl adjacent to an activating group) is 1. The van der Waals surface area contributed by atoms with Crippen molar-refractivity contribution in [3.63, 3.8) is 0 Å². The largest absolute Gasteiger partial charge is 0.494 e. The lowest BCUT2D eigenvalue weighted by Gasteiger charge is -2.65. The van der Waals surface area contributed by atoms with Crippen LogP contribution in [0, 0.1) is 11.8 Å². The number of nitrogens with zero attached hydrogens (tertiary/aromatic N) is 1. The molecule has 0 aromatic heterocycles. The van der Waals surface area contributed by atoms with E-state index in [-0.39, 0.29) is 17.3 Å². The van der Waals surface area contributed by atoms with Crippen LogP contribution in [-0.2, 0) is 21.4 Å². The first-order valence-corrected chi connectivity index (χ1v) is 10.8. The Morgan fingerprint density at radius 1 is 1.30 bits per heavy atom. The van der Waals surface area contributed by atoms with Gasteiger partial charge in [-0.3, -0.25) is 9.69 Å². The number of hydrogen-bond donors (Lipinski definition) is 0. The maximum atomic E-state index is 12.7. The second-order valence-electron chi connectivity index (χ2n) is 9.04. The third-order valence-electron chi connectivity index (χ3n) is 7.94. The fourth-order valence-electron chi connectivity index (χ4n) is 6.75. The Labute approximate surface area is 162 Å². The van der Waals surface area contributed by atoms with Gasteiger partial charge in [0, 0.05) is 17.5 Å². The van der Waals surface area contributed by atoms with Crippen molar-refractivity contribution in [1.82, 2.24) is 4.90 Å². The summed E-state index contributed by atoms with van der Waals surface area (Å²) < 4.78 is 11.5. The van der Waals surface area contributed by atoms with Crippen LogP contribution in [0.2, 0.25) is 0 Å². The molecule has 3 fully saturated rings. The smallest absolute Gasteiger partial charge is 0.310 e. The number of rotatable bonds is 2. The zero-order valence-electron chi connectivity index (χ0n) is 16.6. The van der Waals surface area contributed by atoms with Gasteiger partial charge in [0.1, 0.15) is 5.75 Å². The zero-order valence-corrected chi connectivity index (χ0v) is 16.6. The number of carbonyl (C=O) groups is 1. The van der Waals surface area contributed by atoms with E-state index in [1.54, 1.807) is 0 Å². The summed E-state index contributed by atoms with van der Waals surface area (Å²) in [5, 5.41) is 0. The fourth-order valence-corrected chi connectivity index (χ4v) is 6.75. The minimum atomic E-state index is 0.0189. The highest BCUT2D eigenvalue weighted by Crippen LogP contribution is 2.60. The lowest BCUT2D eigenvalue weighted by molar-refractivity contribution is -0.165. The van der Waals surface area contributed by atoms with Gasteiger partial charge in [-0.2, -0.15) is 0 Å². The Bertz CT molecular complexity index is 747. The first-order valence-electron chi connectivity index (χ1n) is 10.8. The molecule has 1 spiro atoms. The molecule has 1 saturated carbocycles. The standard InChI is InChI=1S/C23H31NO3/c1-3-26-22(25)17-13-19-20-11-15-7-8-16-12-18(15)23(19,14-21(17)24(20)2)9-5-4-6-10-27-16/h7-8,12,17,19-21H,3-6,9-11,13-14H2,1-2H3/t17?,19?,20?,21?,23-/m1/s1. The van der Waals surface area contributed by atoms with Crippen molar-refractivity contribution in [2.24, 2.45) is 11.8 Å². The average Bonchev–Trinajstić information content (AvgIpc) is 2.68. The van der Waals surface area contributed by atoms with Crippen LogP contribution in [0.5, 0.6) is 5.75 Å². The summed E-state index contributed by atoms with van der Waals surface area (Å²) in [4.78, 5) is 15.2. The molecule has 146 valence electrons. The second-order valence-corrected chi connectivity index (χ2v) is 9.04. The Balaban J connectivity index is 1.59. The lowest BCUT2D eigenvalue weighted by Crippen LogP contribution is -2.69. The highest BCUT2D eigenvalue weighted by Gasteiger charge is 2.61. The number of piperidine rings is 2. The highest BCUT2D eigenvalue weighted by molar-refractivity contribution is 5.74. The summed E-state index contributed by atoms with van der Waals surface area (Å²) in [6, 6.07) is 7.67. The Hall–Kier alpha value is -1.55. The summed E-state index contributed by atoms with van der Waals surface area (Å²) in [6.07, 6.45) is 8.07. The minimum absolute atomic E-state index is 0.0189. The van der Waals surface area contributed by atoms with E-state index in [2.05, 4.69) is 30.1 Å². The monoisotopic (exact) mass is 369 g/mol. The SMILES string of the molecule is CCOC(=O)C1CC2C3Cc4ccc5cc4[C@@]2(CCCCCO5)CC1N3C. The van der Waals surface area contributed by atoms with Crippen LogP contribution in [0.1, 0.15) is 56.6 Å². The van der Waals surface area contributed by atoms with Crippen LogP contribution < -0.4 is 4.74 Å². The molecule has 1 aromatic rings. The Morgan fingerprint density at radius 3 is 3.04 bits per heavy atom. The molecule has 0 N–H and O–H groups in total. The van der Waals surface area contributed by atoms with Gasteiger partial charge >= 0.3 is 5.97 Å². The molecule has 1 aromatic carbocycles. The van der Waals surface area contributed by atoms with Crippen LogP contribution in [0.3, 0.4) is 0 Å². The van der Waals surface area contributed by atoms with Crippen molar-refractivity contribution in [2.75, 3.05) is 20.3 Å². The fraction of sp³-hybridized carbons (Fsp3) is 0.696. The van der Waals surface area contributed by atoms with Gasteiger partial charge < -0.3 is 9.47 Å². The number of benzene rings is 1. The van der Waals surface area contributed by atoms with E-state index in [1.807, 2.05) is 6.92 Å². The first kappa shape index (κ1) is 17.5. The van der Waals surface area contributed by atoms with Crippen molar-refractivity contribution in [3.05, 3.63) is 29.3 Å². The number of esters is 1. The van der Waals surface area contributed by atoms with Gasteiger partial charge in [-0.1, -0.05) is 18.9 Å². The normalized spacial score (nSPS) is 37.4. The first-order chi connectivity index (χ1) is 13.1. The number of hydrogen-bond acceptors (Lipinski definition) is 4. The van der Waals surface area contributed by atoms with Crippen LogP contribution >= 0.6 is 0 Å². The van der Waals surface area contributed by atoms with Gasteiger partial charge in [0.2, 0.25) is 0 Å². The number of carbonyl (C=O) groups excluding carboxylic acids is 1. The van der Waals surface area contributed by atoms with Gasteiger partial charge in [-0.05, 0) is 75.3 Å². The maximum absolute atomic E-state index is 12.7. The molecule has 27 heavy (non-hydrogen) atoms. The molecule has 6 bridgehead atoms. The molecule has 4 heteroatoms. The summed E-state index contributed by atoms with van der Waals surface area (Å²) in [5.41, 5.74) is 3.25. The molecule has 2 saturated heterocycles. The number of ether oxygens (including phenoxy) is 2. The molecule has 5 atom stereocenters. The Morgan fingerprint density at radius 2 is 2.19 bits per heavy atom. The summed E-state index contributed by atoms with van der Waals surface area (Å²) >= 11 is 0. The van der Waals surface area contributed by atoms with Crippen molar-refractivity contribution in [1.29, 1.82) is 0 Å². The molecule has 4 unspecified atom stereocenters. The van der Waals surface area contributed by atoms with E-state index in [4.69, 9.17) is 9.47 Å². The van der Waals surface area contributed by atoms with Gasteiger partial charge in [-0.15, -0.1) is 0 Å². The molecular weight excluding hydrogens is 338 g/mol. The van der Waals surface area contributed by atoms with Crippen LogP contribution in [-0.4, -0.2) is 43.2 Å². The lowest BCUT2D eigenvalue weighted by atomic mass is 9.48. The molecule has 5 aliphatic rings. The summed E-state index contributed by atoms with van der Waals surface area (Å²) in [6.45, 7) is 3.22. The second kappa shape index (κ2) is 6.51. The molecule has 0 amide bonds. The predicted octanol–water partition coefficient (Wildman–Crippen LogP) is 3.71. The molecule has 3 aliphatic heterocycles. The molecule has 0 radical (unpaired) electrons. The van der Waals surface area contributed by atoms with E-state index >= 15 is 0 Å². The van der Waals surface area contributed by atoms with Crippen molar-refractivity contribution in [2.45, 2.75) is 69.4 Å². The van der Waals surface area contributed by atoms with Gasteiger partial charge in [-0.25, -0.2) is 0 Å². The van der Waals surface area contributed by atoms with Crippen molar-refractivity contribution >= 4 is 5.97 Å². The number of fused-ring (bicyclic) bond motifs is 2. The zero-order chi connectivity index (χ0) is 18.6. The van der Waals surface area contributed by atoms with Crippen molar-refractivity contribution < 1.29 is 14.3 Å².